The van der Waals surface area contributed by atoms with Crippen LogP contribution in [-0.4, -0.2) is 26.8 Å². The largest absolute Gasteiger partial charge is 0.323 e. The van der Waals surface area contributed by atoms with Gasteiger partial charge in [0.2, 0.25) is 11.1 Å². The molecule has 1 aromatic heterocycles. The molecule has 0 bridgehead atoms. The van der Waals surface area contributed by atoms with E-state index in [9.17, 15) is 4.79 Å². The summed E-state index contributed by atoms with van der Waals surface area (Å²) in [5, 5.41) is 11.1. The molecule has 2 N–H and O–H groups in total. The Morgan fingerprint density at radius 2 is 1.88 bits per heavy atom. The fraction of sp³-hybridized carbons (Fsp3) is 0.167. The summed E-state index contributed by atoms with van der Waals surface area (Å²) in [7, 11) is 0. The maximum absolute atomic E-state index is 12.2. The van der Waals surface area contributed by atoms with Gasteiger partial charge in [0, 0.05) is 5.56 Å². The van der Waals surface area contributed by atoms with Crippen molar-refractivity contribution >= 4 is 46.6 Å². The summed E-state index contributed by atoms with van der Waals surface area (Å²) in [5.74, 6) is 0.579. The summed E-state index contributed by atoms with van der Waals surface area (Å²) >= 11 is 13.5. The molecule has 26 heavy (non-hydrogen) atoms. The maximum atomic E-state index is 12.2. The lowest BCUT2D eigenvalue weighted by Gasteiger charge is -2.10. The van der Waals surface area contributed by atoms with Crippen LogP contribution in [0.1, 0.15) is 11.1 Å². The maximum Gasteiger partial charge on any atom is 0.234 e. The van der Waals surface area contributed by atoms with E-state index in [2.05, 4.69) is 20.5 Å². The molecule has 0 spiro atoms. The van der Waals surface area contributed by atoms with Gasteiger partial charge in [-0.3, -0.25) is 9.89 Å². The molecule has 1 heterocycles. The molecule has 3 aromatic rings. The van der Waals surface area contributed by atoms with Gasteiger partial charge in [-0.1, -0.05) is 70.9 Å². The van der Waals surface area contributed by atoms with Gasteiger partial charge in [0.05, 0.1) is 21.5 Å². The highest BCUT2D eigenvalue weighted by Crippen LogP contribution is 2.33. The number of aromatic nitrogens is 3. The number of halogens is 2. The van der Waals surface area contributed by atoms with Gasteiger partial charge in [0.15, 0.2) is 5.82 Å². The molecule has 0 fully saturated rings. The Hall–Kier alpha value is -2.02. The van der Waals surface area contributed by atoms with Crippen molar-refractivity contribution in [3.8, 4) is 11.4 Å². The van der Waals surface area contributed by atoms with Crippen LogP contribution in [0.3, 0.4) is 0 Å². The van der Waals surface area contributed by atoms with E-state index >= 15 is 0 Å². The van der Waals surface area contributed by atoms with E-state index in [1.54, 1.807) is 12.1 Å². The molecule has 5 nitrogen and oxygen atoms in total. The smallest absolute Gasteiger partial charge is 0.234 e. The van der Waals surface area contributed by atoms with Crippen LogP contribution in [0.25, 0.3) is 11.4 Å². The van der Waals surface area contributed by atoms with Gasteiger partial charge >= 0.3 is 0 Å². The van der Waals surface area contributed by atoms with Crippen molar-refractivity contribution in [2.45, 2.75) is 19.0 Å². The van der Waals surface area contributed by atoms with Crippen molar-refractivity contribution < 1.29 is 4.79 Å². The number of H-pyrrole nitrogens is 1. The van der Waals surface area contributed by atoms with Crippen molar-refractivity contribution in [1.82, 2.24) is 15.2 Å². The first-order valence-electron chi connectivity index (χ1n) is 7.80. The number of benzene rings is 2. The fourth-order valence-corrected chi connectivity index (χ4v) is 3.29. The van der Waals surface area contributed by atoms with Crippen molar-refractivity contribution in [2.75, 3.05) is 11.1 Å². The number of hydrogen-bond acceptors (Lipinski definition) is 4. The monoisotopic (exact) mass is 406 g/mol. The highest BCUT2D eigenvalue weighted by Gasteiger charge is 2.13. The Balaban J connectivity index is 1.62. The van der Waals surface area contributed by atoms with Crippen LogP contribution in [0.4, 0.5) is 5.69 Å². The summed E-state index contributed by atoms with van der Waals surface area (Å²) in [6.45, 7) is 3.88. The molecule has 0 aliphatic carbocycles. The second kappa shape index (κ2) is 8.12. The number of carbonyl (C=O) groups is 1. The molecule has 0 saturated carbocycles. The Labute approximate surface area is 165 Å². The van der Waals surface area contributed by atoms with Crippen LogP contribution in [0.5, 0.6) is 0 Å². The van der Waals surface area contributed by atoms with Gasteiger partial charge in [-0.2, -0.15) is 0 Å². The van der Waals surface area contributed by atoms with E-state index in [0.29, 0.717) is 26.7 Å². The quantitative estimate of drug-likeness (QED) is 0.576. The van der Waals surface area contributed by atoms with Gasteiger partial charge in [-0.05, 0) is 25.5 Å². The number of rotatable bonds is 5. The summed E-state index contributed by atoms with van der Waals surface area (Å²) < 4.78 is 0. The van der Waals surface area contributed by atoms with E-state index in [-0.39, 0.29) is 11.7 Å². The third-order valence-corrected chi connectivity index (χ3v) is 5.32. The molecule has 0 radical (unpaired) electrons. The predicted octanol–water partition coefficient (Wildman–Crippen LogP) is 5.13. The molecule has 8 heteroatoms. The lowest BCUT2D eigenvalue weighted by atomic mass is 10.1. The Kier molecular flexibility index (Phi) is 5.86. The molecule has 3 rings (SSSR count). The van der Waals surface area contributed by atoms with E-state index in [0.717, 1.165) is 11.1 Å². The molecular weight excluding hydrogens is 391 g/mol. The van der Waals surface area contributed by atoms with Crippen molar-refractivity contribution in [2.24, 2.45) is 0 Å². The van der Waals surface area contributed by atoms with E-state index in [1.807, 2.05) is 38.1 Å². The van der Waals surface area contributed by atoms with Gasteiger partial charge in [0.25, 0.3) is 0 Å². The third-order valence-electron chi connectivity index (χ3n) is 3.67. The number of nitrogens with zero attached hydrogens (tertiary/aromatic N) is 2. The predicted molar refractivity (Wildman–Crippen MR) is 107 cm³/mol. The van der Waals surface area contributed by atoms with Crippen molar-refractivity contribution in [3.05, 3.63) is 57.6 Å². The second-order valence-electron chi connectivity index (χ2n) is 5.72. The summed E-state index contributed by atoms with van der Waals surface area (Å²) in [6.07, 6.45) is 0. The molecular formula is C18H16Cl2N4OS. The molecule has 0 unspecified atom stereocenters. The highest BCUT2D eigenvalue weighted by atomic mass is 35.5. The topological polar surface area (TPSA) is 70.7 Å². The van der Waals surface area contributed by atoms with Crippen LogP contribution in [0.2, 0.25) is 10.0 Å². The molecule has 1 amide bonds. The summed E-state index contributed by atoms with van der Waals surface area (Å²) in [6, 6.07) is 11.5. The standard InChI is InChI=1S/C18H16Cl2N4OS/c1-10-3-6-12(7-4-10)17-22-18(24-23-17)26-9-14(25)21-16-13(19)8-5-11(2)15(16)20/h3-8H,9H2,1-2H3,(H,21,25)(H,22,23,24). The zero-order chi connectivity index (χ0) is 18.7. The zero-order valence-electron chi connectivity index (χ0n) is 14.1. The van der Waals surface area contributed by atoms with Gasteiger partial charge in [-0.15, -0.1) is 5.10 Å². The summed E-state index contributed by atoms with van der Waals surface area (Å²) in [5.41, 5.74) is 3.38. The minimum Gasteiger partial charge on any atom is -0.323 e. The average molecular weight is 407 g/mol. The van der Waals surface area contributed by atoms with Gasteiger partial charge in [-0.25, -0.2) is 4.98 Å². The fourth-order valence-electron chi connectivity index (χ4n) is 2.23. The number of hydrogen-bond donors (Lipinski definition) is 2. The van der Waals surface area contributed by atoms with E-state index in [1.165, 1.54) is 17.3 Å². The lowest BCUT2D eigenvalue weighted by molar-refractivity contribution is -0.113. The number of nitrogens with one attached hydrogen (secondary N) is 2. The highest BCUT2D eigenvalue weighted by molar-refractivity contribution is 7.99. The molecule has 0 aliphatic heterocycles. The van der Waals surface area contributed by atoms with Gasteiger partial charge in [0.1, 0.15) is 0 Å². The Bertz CT molecular complexity index is 941. The number of aryl methyl sites for hydroxylation is 2. The van der Waals surface area contributed by atoms with Crippen LogP contribution < -0.4 is 5.32 Å². The SMILES string of the molecule is Cc1ccc(-c2nc(SCC(=O)Nc3c(Cl)ccc(C)c3Cl)n[nH]2)cc1. The Morgan fingerprint density at radius 3 is 2.62 bits per heavy atom. The number of anilines is 1. The first-order valence-corrected chi connectivity index (χ1v) is 9.55. The molecule has 0 atom stereocenters. The lowest BCUT2D eigenvalue weighted by Crippen LogP contribution is -2.15. The second-order valence-corrected chi connectivity index (χ2v) is 7.45. The molecule has 134 valence electrons. The van der Waals surface area contributed by atoms with Crippen molar-refractivity contribution in [3.63, 3.8) is 0 Å². The van der Waals surface area contributed by atoms with Crippen LogP contribution in [0.15, 0.2) is 41.6 Å². The minimum absolute atomic E-state index is 0.145. The number of amides is 1. The van der Waals surface area contributed by atoms with Crippen molar-refractivity contribution in [1.29, 1.82) is 0 Å². The Morgan fingerprint density at radius 1 is 1.15 bits per heavy atom. The first-order chi connectivity index (χ1) is 12.4. The van der Waals surface area contributed by atoms with Gasteiger partial charge < -0.3 is 5.32 Å². The third kappa shape index (κ3) is 4.38. The van der Waals surface area contributed by atoms with Crippen LogP contribution in [0, 0.1) is 13.8 Å². The normalized spacial score (nSPS) is 10.8. The molecule has 0 saturated heterocycles. The van der Waals surface area contributed by atoms with Crippen LogP contribution >= 0.6 is 35.0 Å². The average Bonchev–Trinajstić information content (AvgIpc) is 3.10. The number of aromatic amines is 1. The summed E-state index contributed by atoms with van der Waals surface area (Å²) in [4.78, 5) is 16.6. The minimum atomic E-state index is -0.230. The molecule has 2 aromatic carbocycles. The van der Waals surface area contributed by atoms with E-state index in [4.69, 9.17) is 23.2 Å². The van der Waals surface area contributed by atoms with E-state index < -0.39 is 0 Å². The zero-order valence-corrected chi connectivity index (χ0v) is 16.5. The number of thioether (sulfide) groups is 1. The molecule has 0 aliphatic rings. The number of carbonyl (C=O) groups excluding carboxylic acids is 1. The first kappa shape index (κ1) is 18.8. The van der Waals surface area contributed by atoms with Crippen LogP contribution in [-0.2, 0) is 4.79 Å².